The number of rotatable bonds is 3. The van der Waals surface area contributed by atoms with Crippen LogP contribution in [0.1, 0.15) is 23.2 Å². The molecule has 1 aliphatic heterocycles. The summed E-state index contributed by atoms with van der Waals surface area (Å²) in [6.07, 6.45) is 5.71. The van der Waals surface area contributed by atoms with E-state index in [2.05, 4.69) is 10.4 Å². The molecule has 2 rings (SSSR count). The van der Waals surface area contributed by atoms with Gasteiger partial charge in [-0.1, -0.05) is 0 Å². The van der Waals surface area contributed by atoms with Gasteiger partial charge in [0, 0.05) is 26.8 Å². The van der Waals surface area contributed by atoms with Gasteiger partial charge in [-0.3, -0.25) is 9.48 Å². The number of hydrogen-bond acceptors (Lipinski definition) is 3. The van der Waals surface area contributed by atoms with E-state index in [1.807, 2.05) is 19.0 Å². The molecule has 2 heterocycles. The number of nitrogens with zero attached hydrogens (tertiary/aromatic N) is 3. The lowest BCUT2D eigenvalue weighted by atomic mass is 9.97. The SMILES string of the molecule is CN(CC1CCNCC1)C(=O)c1cnn(C)c1.Cl. The fraction of sp³-hybridized carbons (Fsp3) is 0.667. The number of amides is 1. The molecule has 1 N–H and O–H groups in total. The van der Waals surface area contributed by atoms with Crippen molar-refractivity contribution in [1.82, 2.24) is 20.0 Å². The van der Waals surface area contributed by atoms with Crippen LogP contribution in [0.5, 0.6) is 0 Å². The molecule has 0 bridgehead atoms. The summed E-state index contributed by atoms with van der Waals surface area (Å²) in [7, 11) is 3.70. The van der Waals surface area contributed by atoms with Crippen LogP contribution in [0.4, 0.5) is 0 Å². The Morgan fingerprint density at radius 3 is 2.78 bits per heavy atom. The monoisotopic (exact) mass is 272 g/mol. The molecule has 0 saturated carbocycles. The molecule has 0 atom stereocenters. The minimum atomic E-state index is 0. The molecule has 1 amide bonds. The van der Waals surface area contributed by atoms with Gasteiger partial charge in [0.1, 0.15) is 0 Å². The maximum Gasteiger partial charge on any atom is 0.256 e. The summed E-state index contributed by atoms with van der Waals surface area (Å²) in [5, 5.41) is 7.36. The van der Waals surface area contributed by atoms with E-state index in [-0.39, 0.29) is 18.3 Å². The molecule has 0 unspecified atom stereocenters. The number of carbonyl (C=O) groups excluding carboxylic acids is 1. The normalized spacial score (nSPS) is 16.1. The Bertz CT molecular complexity index is 387. The molecule has 0 spiro atoms. The topological polar surface area (TPSA) is 50.2 Å². The number of aromatic nitrogens is 2. The average Bonchev–Trinajstić information content (AvgIpc) is 2.76. The minimum absolute atomic E-state index is 0. The average molecular weight is 273 g/mol. The fourth-order valence-corrected chi connectivity index (χ4v) is 2.29. The van der Waals surface area contributed by atoms with Gasteiger partial charge >= 0.3 is 0 Å². The summed E-state index contributed by atoms with van der Waals surface area (Å²) in [5.41, 5.74) is 0.670. The lowest BCUT2D eigenvalue weighted by molar-refractivity contribution is 0.0762. The van der Waals surface area contributed by atoms with Crippen LogP contribution in [0.3, 0.4) is 0 Å². The maximum atomic E-state index is 12.1. The van der Waals surface area contributed by atoms with Crippen LogP contribution < -0.4 is 5.32 Å². The second-order valence-corrected chi connectivity index (χ2v) is 4.78. The first-order valence-corrected chi connectivity index (χ1v) is 6.11. The number of nitrogens with one attached hydrogen (secondary N) is 1. The van der Waals surface area contributed by atoms with E-state index >= 15 is 0 Å². The van der Waals surface area contributed by atoms with E-state index in [1.54, 1.807) is 17.1 Å². The van der Waals surface area contributed by atoms with Crippen molar-refractivity contribution in [2.45, 2.75) is 12.8 Å². The van der Waals surface area contributed by atoms with Gasteiger partial charge in [0.2, 0.25) is 0 Å². The van der Waals surface area contributed by atoms with Crippen molar-refractivity contribution in [2.75, 3.05) is 26.7 Å². The number of halogens is 1. The van der Waals surface area contributed by atoms with Crippen molar-refractivity contribution >= 4 is 18.3 Å². The second kappa shape index (κ2) is 6.75. The molecule has 102 valence electrons. The lowest BCUT2D eigenvalue weighted by Gasteiger charge is -2.27. The van der Waals surface area contributed by atoms with Crippen LogP contribution in [-0.2, 0) is 7.05 Å². The van der Waals surface area contributed by atoms with Gasteiger partial charge in [0.05, 0.1) is 11.8 Å². The standard InChI is InChI=1S/C12H20N4O.ClH/c1-15(8-10-3-5-13-6-4-10)12(17)11-7-14-16(2)9-11;/h7,9-10,13H,3-6,8H2,1-2H3;1H. The van der Waals surface area contributed by atoms with Crippen molar-refractivity contribution in [3.8, 4) is 0 Å². The Labute approximate surface area is 114 Å². The van der Waals surface area contributed by atoms with Gasteiger partial charge in [0.25, 0.3) is 5.91 Å². The predicted octanol–water partition coefficient (Wildman–Crippen LogP) is 0.913. The lowest BCUT2D eigenvalue weighted by Crippen LogP contribution is -2.37. The molecule has 5 nitrogen and oxygen atoms in total. The summed E-state index contributed by atoms with van der Waals surface area (Å²) in [5.74, 6) is 0.693. The number of hydrogen-bond donors (Lipinski definition) is 1. The van der Waals surface area contributed by atoms with Gasteiger partial charge in [-0.25, -0.2) is 0 Å². The van der Waals surface area contributed by atoms with Crippen LogP contribution in [0.25, 0.3) is 0 Å². The molecule has 0 aromatic carbocycles. The minimum Gasteiger partial charge on any atom is -0.341 e. The highest BCUT2D eigenvalue weighted by Crippen LogP contribution is 2.14. The molecule has 1 aromatic heterocycles. The van der Waals surface area contributed by atoms with E-state index in [0.29, 0.717) is 11.5 Å². The molecule has 1 aromatic rings. The second-order valence-electron chi connectivity index (χ2n) is 4.78. The molecule has 6 heteroatoms. The third kappa shape index (κ3) is 3.71. The van der Waals surface area contributed by atoms with Gasteiger partial charge in [-0.15, -0.1) is 12.4 Å². The van der Waals surface area contributed by atoms with E-state index in [4.69, 9.17) is 0 Å². The highest BCUT2D eigenvalue weighted by Gasteiger charge is 2.19. The third-order valence-electron chi connectivity index (χ3n) is 3.29. The number of carbonyl (C=O) groups is 1. The Morgan fingerprint density at radius 1 is 1.56 bits per heavy atom. The van der Waals surface area contributed by atoms with Gasteiger partial charge in [-0.05, 0) is 31.8 Å². The molecular weight excluding hydrogens is 252 g/mol. The molecular formula is C12H21ClN4O. The van der Waals surface area contributed by atoms with Gasteiger partial charge in [0.15, 0.2) is 0 Å². The maximum absolute atomic E-state index is 12.1. The van der Waals surface area contributed by atoms with Crippen molar-refractivity contribution in [1.29, 1.82) is 0 Å². The summed E-state index contributed by atoms with van der Waals surface area (Å²) < 4.78 is 1.66. The Kier molecular flexibility index (Phi) is 5.62. The Morgan fingerprint density at radius 2 is 2.22 bits per heavy atom. The number of aryl methyl sites for hydroxylation is 1. The first kappa shape index (κ1) is 15.0. The molecule has 0 radical (unpaired) electrons. The smallest absolute Gasteiger partial charge is 0.256 e. The zero-order valence-corrected chi connectivity index (χ0v) is 11.7. The van der Waals surface area contributed by atoms with Crippen LogP contribution in [0.15, 0.2) is 12.4 Å². The van der Waals surface area contributed by atoms with E-state index in [0.717, 1.165) is 32.5 Å². The summed E-state index contributed by atoms with van der Waals surface area (Å²) in [4.78, 5) is 13.9. The molecule has 1 aliphatic rings. The summed E-state index contributed by atoms with van der Waals surface area (Å²) in [6, 6.07) is 0. The molecule has 1 saturated heterocycles. The molecule has 18 heavy (non-hydrogen) atoms. The predicted molar refractivity (Wildman–Crippen MR) is 73.0 cm³/mol. The first-order chi connectivity index (χ1) is 8.16. The third-order valence-corrected chi connectivity index (χ3v) is 3.29. The van der Waals surface area contributed by atoms with E-state index in [1.165, 1.54) is 0 Å². The van der Waals surface area contributed by atoms with E-state index in [9.17, 15) is 4.79 Å². The van der Waals surface area contributed by atoms with Crippen LogP contribution in [0.2, 0.25) is 0 Å². The molecule has 1 fully saturated rings. The largest absolute Gasteiger partial charge is 0.341 e. The quantitative estimate of drug-likeness (QED) is 0.890. The van der Waals surface area contributed by atoms with Crippen LogP contribution in [-0.4, -0.2) is 47.3 Å². The summed E-state index contributed by atoms with van der Waals surface area (Å²) >= 11 is 0. The Hall–Kier alpha value is -1.07. The van der Waals surface area contributed by atoms with Crippen molar-refractivity contribution in [2.24, 2.45) is 13.0 Å². The van der Waals surface area contributed by atoms with Crippen molar-refractivity contribution in [3.63, 3.8) is 0 Å². The highest BCUT2D eigenvalue weighted by atomic mass is 35.5. The zero-order chi connectivity index (χ0) is 12.3. The van der Waals surface area contributed by atoms with Crippen LogP contribution >= 0.6 is 12.4 Å². The van der Waals surface area contributed by atoms with Crippen molar-refractivity contribution in [3.05, 3.63) is 18.0 Å². The Balaban J connectivity index is 0.00000162. The van der Waals surface area contributed by atoms with Gasteiger partial charge < -0.3 is 10.2 Å². The van der Waals surface area contributed by atoms with Crippen LogP contribution in [0, 0.1) is 5.92 Å². The zero-order valence-electron chi connectivity index (χ0n) is 10.9. The first-order valence-electron chi connectivity index (χ1n) is 6.11. The fourth-order valence-electron chi connectivity index (χ4n) is 2.29. The van der Waals surface area contributed by atoms with E-state index < -0.39 is 0 Å². The molecule has 0 aliphatic carbocycles. The van der Waals surface area contributed by atoms with Gasteiger partial charge in [-0.2, -0.15) is 5.10 Å². The summed E-state index contributed by atoms with van der Waals surface area (Å²) in [6.45, 7) is 2.98. The highest BCUT2D eigenvalue weighted by molar-refractivity contribution is 5.93. The van der Waals surface area contributed by atoms with Crippen molar-refractivity contribution < 1.29 is 4.79 Å². The number of piperidine rings is 1.